The van der Waals surface area contributed by atoms with Crippen molar-refractivity contribution in [2.75, 3.05) is 13.2 Å². The zero-order valence-electron chi connectivity index (χ0n) is 45.8. The maximum atomic E-state index is 12.9. The van der Waals surface area contributed by atoms with E-state index in [1.807, 2.05) is 0 Å². The summed E-state index contributed by atoms with van der Waals surface area (Å²) in [7, 11) is 0. The van der Waals surface area contributed by atoms with Gasteiger partial charge in [-0.15, -0.1) is 0 Å². The van der Waals surface area contributed by atoms with Crippen molar-refractivity contribution in [3.63, 3.8) is 0 Å². The first-order valence-corrected chi connectivity index (χ1v) is 29.8. The highest BCUT2D eigenvalue weighted by Crippen LogP contribution is 2.16. The molecular formula is C63H112O6. The molecule has 0 amide bonds. The van der Waals surface area contributed by atoms with Crippen LogP contribution in [0, 0.1) is 0 Å². The van der Waals surface area contributed by atoms with Crippen LogP contribution in [0.15, 0.2) is 60.8 Å². The van der Waals surface area contributed by atoms with E-state index in [0.717, 1.165) is 83.5 Å². The number of rotatable bonds is 54. The molecule has 0 aromatic heterocycles. The Kier molecular flexibility index (Phi) is 55.3. The molecular weight excluding hydrogens is 853 g/mol. The number of ether oxygens (including phenoxy) is 3. The molecule has 0 heterocycles. The number of carbonyl (C=O) groups is 3. The summed E-state index contributed by atoms with van der Waals surface area (Å²) in [6.45, 7) is 6.52. The molecule has 1 atom stereocenters. The highest BCUT2D eigenvalue weighted by molar-refractivity contribution is 5.71. The number of allylic oxidation sites excluding steroid dienone is 10. The standard InChI is InChI=1S/C63H112O6/c1-4-7-10-13-16-19-22-25-28-29-30-31-32-33-36-38-41-44-47-50-53-56-62(65)68-59-60(69-63(66)57-54-51-48-45-42-39-35-27-24-21-18-15-12-9-6-3)58-67-61(64)55-52-49-46-43-40-37-34-26-23-20-17-14-11-8-5-2/h8,11,17,20,25-26,28,34,40,43,60H,4-7,9-10,12-16,18-19,21-24,27,29-33,35-39,41-42,44-59H2,1-3H3/b11-8-,20-17-,28-25-,34-26-,43-40-/t60-/m1/s1. The lowest BCUT2D eigenvalue weighted by Crippen LogP contribution is -2.30. The predicted molar refractivity (Wildman–Crippen MR) is 298 cm³/mol. The molecule has 0 aliphatic carbocycles. The van der Waals surface area contributed by atoms with Crippen molar-refractivity contribution in [3.8, 4) is 0 Å². The number of hydrogen-bond acceptors (Lipinski definition) is 6. The lowest BCUT2D eigenvalue weighted by molar-refractivity contribution is -0.167. The summed E-state index contributed by atoms with van der Waals surface area (Å²) in [4.78, 5) is 38.2. The second kappa shape index (κ2) is 57.7. The van der Waals surface area contributed by atoms with Gasteiger partial charge in [0.2, 0.25) is 0 Å². The third-order valence-corrected chi connectivity index (χ3v) is 13.0. The van der Waals surface area contributed by atoms with Crippen LogP contribution < -0.4 is 0 Å². The zero-order chi connectivity index (χ0) is 50.0. The molecule has 0 aliphatic rings. The molecule has 0 radical (unpaired) electrons. The van der Waals surface area contributed by atoms with Gasteiger partial charge in [-0.2, -0.15) is 0 Å². The van der Waals surface area contributed by atoms with Crippen LogP contribution in [0.3, 0.4) is 0 Å². The molecule has 6 heteroatoms. The van der Waals surface area contributed by atoms with Gasteiger partial charge in [-0.25, -0.2) is 0 Å². The van der Waals surface area contributed by atoms with E-state index in [2.05, 4.69) is 81.5 Å². The van der Waals surface area contributed by atoms with Crippen molar-refractivity contribution in [1.29, 1.82) is 0 Å². The summed E-state index contributed by atoms with van der Waals surface area (Å²) >= 11 is 0. The molecule has 6 nitrogen and oxygen atoms in total. The van der Waals surface area contributed by atoms with E-state index in [1.165, 1.54) is 180 Å². The molecule has 0 aromatic carbocycles. The molecule has 0 saturated heterocycles. The Balaban J connectivity index is 4.36. The van der Waals surface area contributed by atoms with Gasteiger partial charge in [0, 0.05) is 19.3 Å². The van der Waals surface area contributed by atoms with Crippen LogP contribution >= 0.6 is 0 Å². The fraction of sp³-hybridized carbons (Fsp3) is 0.794. The summed E-state index contributed by atoms with van der Waals surface area (Å²) < 4.78 is 16.9. The largest absolute Gasteiger partial charge is 0.462 e. The molecule has 400 valence electrons. The number of unbranched alkanes of at least 4 members (excludes halogenated alkanes) is 33. The normalized spacial score (nSPS) is 12.4. The average Bonchev–Trinajstić information content (AvgIpc) is 3.35. The minimum atomic E-state index is -0.789. The average molecular weight is 966 g/mol. The fourth-order valence-electron chi connectivity index (χ4n) is 8.55. The minimum Gasteiger partial charge on any atom is -0.462 e. The van der Waals surface area contributed by atoms with Gasteiger partial charge in [0.25, 0.3) is 0 Å². The Bertz CT molecular complexity index is 1250. The quantitative estimate of drug-likeness (QED) is 0.0262. The molecule has 0 rings (SSSR count). The predicted octanol–water partition coefficient (Wildman–Crippen LogP) is 20.0. The lowest BCUT2D eigenvalue weighted by Gasteiger charge is -2.18. The topological polar surface area (TPSA) is 78.9 Å². The third kappa shape index (κ3) is 55.9. The summed E-state index contributed by atoms with van der Waals surface area (Å²) in [5.74, 6) is -0.914. The van der Waals surface area contributed by atoms with E-state index in [4.69, 9.17) is 14.2 Å². The second-order valence-electron chi connectivity index (χ2n) is 19.9. The van der Waals surface area contributed by atoms with E-state index in [9.17, 15) is 14.4 Å². The molecule has 0 saturated carbocycles. The molecule has 69 heavy (non-hydrogen) atoms. The van der Waals surface area contributed by atoms with Crippen LogP contribution in [-0.4, -0.2) is 37.2 Å². The van der Waals surface area contributed by atoms with Gasteiger partial charge in [-0.05, 0) is 83.5 Å². The summed E-state index contributed by atoms with van der Waals surface area (Å²) in [5, 5.41) is 0. The first-order valence-electron chi connectivity index (χ1n) is 29.8. The Hall–Kier alpha value is -2.89. The molecule has 0 aromatic rings. The molecule has 0 N–H and O–H groups in total. The van der Waals surface area contributed by atoms with E-state index < -0.39 is 6.10 Å². The minimum absolute atomic E-state index is 0.0848. The second-order valence-corrected chi connectivity index (χ2v) is 19.9. The molecule has 0 bridgehead atoms. The van der Waals surface area contributed by atoms with E-state index in [1.54, 1.807) is 0 Å². The van der Waals surface area contributed by atoms with Crippen molar-refractivity contribution >= 4 is 17.9 Å². The van der Waals surface area contributed by atoms with Crippen molar-refractivity contribution in [3.05, 3.63) is 60.8 Å². The van der Waals surface area contributed by atoms with Gasteiger partial charge in [0.05, 0.1) is 0 Å². The van der Waals surface area contributed by atoms with Crippen LogP contribution in [0.4, 0.5) is 0 Å². The third-order valence-electron chi connectivity index (χ3n) is 13.0. The first kappa shape index (κ1) is 66.1. The van der Waals surface area contributed by atoms with Crippen LogP contribution in [0.1, 0.15) is 303 Å². The maximum absolute atomic E-state index is 12.9. The van der Waals surface area contributed by atoms with E-state index in [0.29, 0.717) is 19.3 Å². The van der Waals surface area contributed by atoms with Gasteiger partial charge in [-0.1, -0.05) is 261 Å². The van der Waals surface area contributed by atoms with Gasteiger partial charge >= 0.3 is 17.9 Å². The Labute approximate surface area is 428 Å². The van der Waals surface area contributed by atoms with Crippen molar-refractivity contribution in [1.82, 2.24) is 0 Å². The smallest absolute Gasteiger partial charge is 0.306 e. The summed E-state index contributed by atoms with van der Waals surface area (Å²) in [6, 6.07) is 0. The van der Waals surface area contributed by atoms with Crippen LogP contribution in [0.5, 0.6) is 0 Å². The number of hydrogen-bond donors (Lipinski definition) is 0. The highest BCUT2D eigenvalue weighted by Gasteiger charge is 2.19. The highest BCUT2D eigenvalue weighted by atomic mass is 16.6. The summed E-state index contributed by atoms with van der Waals surface area (Å²) in [6.07, 6.45) is 72.2. The zero-order valence-corrected chi connectivity index (χ0v) is 45.8. The van der Waals surface area contributed by atoms with Crippen molar-refractivity contribution < 1.29 is 28.6 Å². The Morgan fingerprint density at radius 2 is 0.565 bits per heavy atom. The fourth-order valence-corrected chi connectivity index (χ4v) is 8.55. The first-order chi connectivity index (χ1) is 34.0. The summed E-state index contributed by atoms with van der Waals surface area (Å²) in [5.41, 5.74) is 0. The maximum Gasteiger partial charge on any atom is 0.306 e. The van der Waals surface area contributed by atoms with E-state index in [-0.39, 0.29) is 31.1 Å². The number of esters is 3. The van der Waals surface area contributed by atoms with E-state index >= 15 is 0 Å². The molecule has 0 fully saturated rings. The van der Waals surface area contributed by atoms with Crippen molar-refractivity contribution in [2.45, 2.75) is 309 Å². The van der Waals surface area contributed by atoms with Gasteiger partial charge in [-0.3, -0.25) is 14.4 Å². The SMILES string of the molecule is CC/C=C\C/C=C\C/C=C\C/C=C\CCCCC(=O)OC[C@H](COC(=O)CCCCCCCCCCCCC/C=C\CCCCCCCC)OC(=O)CCCCCCCCCCCCCCCCC. The Morgan fingerprint density at radius 3 is 0.928 bits per heavy atom. The van der Waals surface area contributed by atoms with Gasteiger partial charge < -0.3 is 14.2 Å². The van der Waals surface area contributed by atoms with Gasteiger partial charge in [0.1, 0.15) is 13.2 Å². The molecule has 0 spiro atoms. The van der Waals surface area contributed by atoms with Gasteiger partial charge in [0.15, 0.2) is 6.10 Å². The van der Waals surface area contributed by atoms with Crippen LogP contribution in [0.2, 0.25) is 0 Å². The van der Waals surface area contributed by atoms with Crippen molar-refractivity contribution in [2.24, 2.45) is 0 Å². The molecule has 0 aliphatic heterocycles. The lowest BCUT2D eigenvalue weighted by atomic mass is 10.0. The number of carbonyl (C=O) groups excluding carboxylic acids is 3. The van der Waals surface area contributed by atoms with Crippen LogP contribution in [-0.2, 0) is 28.6 Å². The molecule has 0 unspecified atom stereocenters. The van der Waals surface area contributed by atoms with Crippen LogP contribution in [0.25, 0.3) is 0 Å². The monoisotopic (exact) mass is 965 g/mol. The Morgan fingerprint density at radius 1 is 0.304 bits per heavy atom.